The SMILES string of the molecule is CCCCCCN1CCC(C)C(C)C(C)C1. The average Bonchev–Trinajstić information content (AvgIpc) is 2.39. The number of nitrogens with zero attached hydrogens (tertiary/aromatic N) is 1. The smallest absolute Gasteiger partial charge is 0.000966 e. The standard InChI is InChI=1S/C15H31N/c1-5-6-7-8-10-16-11-9-13(2)15(4)14(3)12-16/h13-15H,5-12H2,1-4H3. The van der Waals surface area contributed by atoms with Crippen LogP contribution in [0.15, 0.2) is 0 Å². The molecular formula is C15H31N. The van der Waals surface area contributed by atoms with Crippen LogP contribution < -0.4 is 0 Å². The second-order valence-electron chi connectivity index (χ2n) is 5.96. The Balaban J connectivity index is 2.27. The Hall–Kier alpha value is -0.0400. The van der Waals surface area contributed by atoms with E-state index in [4.69, 9.17) is 0 Å². The molecule has 0 bridgehead atoms. The third-order valence-electron chi connectivity index (χ3n) is 4.57. The van der Waals surface area contributed by atoms with Crippen molar-refractivity contribution < 1.29 is 0 Å². The van der Waals surface area contributed by atoms with Crippen LogP contribution in [0.25, 0.3) is 0 Å². The van der Waals surface area contributed by atoms with Crippen LogP contribution in [0.5, 0.6) is 0 Å². The van der Waals surface area contributed by atoms with Gasteiger partial charge in [-0.1, -0.05) is 47.0 Å². The normalized spacial score (nSPS) is 32.6. The van der Waals surface area contributed by atoms with E-state index in [9.17, 15) is 0 Å². The Morgan fingerprint density at radius 2 is 1.75 bits per heavy atom. The van der Waals surface area contributed by atoms with Crippen molar-refractivity contribution in [2.75, 3.05) is 19.6 Å². The van der Waals surface area contributed by atoms with Gasteiger partial charge in [-0.15, -0.1) is 0 Å². The van der Waals surface area contributed by atoms with Crippen LogP contribution in [0.4, 0.5) is 0 Å². The lowest BCUT2D eigenvalue weighted by Gasteiger charge is -2.24. The van der Waals surface area contributed by atoms with Crippen LogP contribution in [-0.2, 0) is 0 Å². The van der Waals surface area contributed by atoms with Crippen molar-refractivity contribution in [1.29, 1.82) is 0 Å². The quantitative estimate of drug-likeness (QED) is 0.634. The van der Waals surface area contributed by atoms with Crippen LogP contribution in [0.2, 0.25) is 0 Å². The van der Waals surface area contributed by atoms with Gasteiger partial charge < -0.3 is 4.90 Å². The predicted octanol–water partition coefficient (Wildman–Crippen LogP) is 4.18. The van der Waals surface area contributed by atoms with Crippen LogP contribution in [0.3, 0.4) is 0 Å². The number of hydrogen-bond acceptors (Lipinski definition) is 1. The molecule has 1 saturated heterocycles. The molecule has 1 aliphatic rings. The molecule has 0 radical (unpaired) electrons. The van der Waals surface area contributed by atoms with Crippen LogP contribution >= 0.6 is 0 Å². The predicted molar refractivity (Wildman–Crippen MR) is 72.7 cm³/mol. The minimum Gasteiger partial charge on any atom is -0.303 e. The molecule has 0 aromatic heterocycles. The van der Waals surface area contributed by atoms with E-state index >= 15 is 0 Å². The van der Waals surface area contributed by atoms with Crippen molar-refractivity contribution in [2.45, 2.75) is 59.8 Å². The Labute approximate surface area is 103 Å². The first kappa shape index (κ1) is 14.0. The first-order valence-corrected chi connectivity index (χ1v) is 7.37. The van der Waals surface area contributed by atoms with Gasteiger partial charge in [-0.2, -0.15) is 0 Å². The summed E-state index contributed by atoms with van der Waals surface area (Å²) in [5.74, 6) is 2.69. The average molecular weight is 225 g/mol. The molecule has 0 saturated carbocycles. The zero-order valence-corrected chi connectivity index (χ0v) is 11.8. The molecule has 0 amide bonds. The lowest BCUT2D eigenvalue weighted by molar-refractivity contribution is 0.231. The van der Waals surface area contributed by atoms with E-state index in [1.54, 1.807) is 0 Å². The molecule has 1 rings (SSSR count). The van der Waals surface area contributed by atoms with E-state index in [-0.39, 0.29) is 0 Å². The molecule has 0 aromatic carbocycles. The summed E-state index contributed by atoms with van der Waals surface area (Å²) in [6.45, 7) is 13.6. The highest BCUT2D eigenvalue weighted by molar-refractivity contribution is 4.77. The summed E-state index contributed by atoms with van der Waals surface area (Å²) < 4.78 is 0. The molecule has 1 nitrogen and oxygen atoms in total. The topological polar surface area (TPSA) is 3.24 Å². The third-order valence-corrected chi connectivity index (χ3v) is 4.57. The largest absolute Gasteiger partial charge is 0.303 e. The Bertz CT molecular complexity index is 178. The summed E-state index contributed by atoms with van der Waals surface area (Å²) >= 11 is 0. The van der Waals surface area contributed by atoms with Crippen molar-refractivity contribution in [3.8, 4) is 0 Å². The summed E-state index contributed by atoms with van der Waals surface area (Å²) in [6, 6.07) is 0. The number of hydrogen-bond donors (Lipinski definition) is 0. The van der Waals surface area contributed by atoms with Gasteiger partial charge in [0.1, 0.15) is 0 Å². The molecular weight excluding hydrogens is 194 g/mol. The van der Waals surface area contributed by atoms with E-state index in [0.717, 1.165) is 17.8 Å². The van der Waals surface area contributed by atoms with E-state index in [0.29, 0.717) is 0 Å². The molecule has 16 heavy (non-hydrogen) atoms. The second kappa shape index (κ2) is 7.32. The molecule has 1 aliphatic heterocycles. The lowest BCUT2D eigenvalue weighted by Crippen LogP contribution is -2.29. The van der Waals surface area contributed by atoms with Gasteiger partial charge >= 0.3 is 0 Å². The maximum atomic E-state index is 2.71. The Morgan fingerprint density at radius 3 is 2.44 bits per heavy atom. The minimum absolute atomic E-state index is 0.878. The van der Waals surface area contributed by atoms with Gasteiger partial charge in [-0.05, 0) is 43.7 Å². The maximum Gasteiger partial charge on any atom is 0.000966 e. The number of unbranched alkanes of at least 4 members (excludes halogenated alkanes) is 3. The lowest BCUT2D eigenvalue weighted by atomic mass is 9.85. The van der Waals surface area contributed by atoms with E-state index in [2.05, 4.69) is 32.6 Å². The van der Waals surface area contributed by atoms with Gasteiger partial charge in [0.15, 0.2) is 0 Å². The summed E-state index contributed by atoms with van der Waals surface area (Å²) in [4.78, 5) is 2.71. The van der Waals surface area contributed by atoms with Crippen LogP contribution in [0.1, 0.15) is 59.8 Å². The van der Waals surface area contributed by atoms with Crippen molar-refractivity contribution in [3.63, 3.8) is 0 Å². The molecule has 1 heterocycles. The fourth-order valence-electron chi connectivity index (χ4n) is 2.84. The summed E-state index contributed by atoms with van der Waals surface area (Å²) in [5.41, 5.74) is 0. The number of rotatable bonds is 5. The summed E-state index contributed by atoms with van der Waals surface area (Å²) in [6.07, 6.45) is 7.00. The number of likely N-dealkylation sites (tertiary alicyclic amines) is 1. The monoisotopic (exact) mass is 225 g/mol. The van der Waals surface area contributed by atoms with E-state index in [1.165, 1.54) is 51.7 Å². The summed E-state index contributed by atoms with van der Waals surface area (Å²) in [5, 5.41) is 0. The van der Waals surface area contributed by atoms with Gasteiger partial charge in [-0.25, -0.2) is 0 Å². The molecule has 3 atom stereocenters. The second-order valence-corrected chi connectivity index (χ2v) is 5.96. The zero-order chi connectivity index (χ0) is 12.0. The minimum atomic E-state index is 0.878. The van der Waals surface area contributed by atoms with E-state index in [1.807, 2.05) is 0 Å². The fourth-order valence-corrected chi connectivity index (χ4v) is 2.84. The van der Waals surface area contributed by atoms with Crippen LogP contribution in [-0.4, -0.2) is 24.5 Å². The molecule has 3 unspecified atom stereocenters. The van der Waals surface area contributed by atoms with Crippen molar-refractivity contribution in [1.82, 2.24) is 4.90 Å². The van der Waals surface area contributed by atoms with E-state index < -0.39 is 0 Å². The van der Waals surface area contributed by atoms with Gasteiger partial charge in [0, 0.05) is 6.54 Å². The van der Waals surface area contributed by atoms with Gasteiger partial charge in [0.2, 0.25) is 0 Å². The Morgan fingerprint density at radius 1 is 1.00 bits per heavy atom. The molecule has 96 valence electrons. The Kier molecular flexibility index (Phi) is 6.41. The van der Waals surface area contributed by atoms with Crippen molar-refractivity contribution in [2.24, 2.45) is 17.8 Å². The molecule has 0 N–H and O–H groups in total. The van der Waals surface area contributed by atoms with Gasteiger partial charge in [0.05, 0.1) is 0 Å². The van der Waals surface area contributed by atoms with Gasteiger partial charge in [-0.3, -0.25) is 0 Å². The molecule has 0 aliphatic carbocycles. The third kappa shape index (κ3) is 4.45. The first-order chi connectivity index (χ1) is 7.65. The highest BCUT2D eigenvalue weighted by atomic mass is 15.1. The van der Waals surface area contributed by atoms with Gasteiger partial charge in [0.25, 0.3) is 0 Å². The molecule has 0 aromatic rings. The molecule has 0 spiro atoms. The van der Waals surface area contributed by atoms with Crippen molar-refractivity contribution in [3.05, 3.63) is 0 Å². The molecule has 1 fully saturated rings. The molecule has 1 heteroatoms. The zero-order valence-electron chi connectivity index (χ0n) is 11.8. The van der Waals surface area contributed by atoms with Crippen LogP contribution in [0, 0.1) is 17.8 Å². The fraction of sp³-hybridized carbons (Fsp3) is 1.00. The summed E-state index contributed by atoms with van der Waals surface area (Å²) in [7, 11) is 0. The maximum absolute atomic E-state index is 2.71. The highest BCUT2D eigenvalue weighted by Crippen LogP contribution is 2.27. The first-order valence-electron chi connectivity index (χ1n) is 7.37. The highest BCUT2D eigenvalue weighted by Gasteiger charge is 2.25. The van der Waals surface area contributed by atoms with Crippen molar-refractivity contribution >= 4 is 0 Å².